The van der Waals surface area contributed by atoms with Gasteiger partial charge in [0.1, 0.15) is 0 Å². The average molecular weight is 302 g/mol. The van der Waals surface area contributed by atoms with Crippen molar-refractivity contribution in [2.45, 2.75) is 40.0 Å². The number of benzene rings is 1. The van der Waals surface area contributed by atoms with Gasteiger partial charge in [-0.25, -0.2) is 0 Å². The smallest absolute Gasteiger partial charge is 0.232 e. The summed E-state index contributed by atoms with van der Waals surface area (Å²) in [5, 5.41) is 0. The average Bonchev–Trinajstić information content (AvgIpc) is 2.88. The summed E-state index contributed by atoms with van der Waals surface area (Å²) in [7, 11) is 0. The molecule has 1 aromatic carbocycles. The highest BCUT2D eigenvalue weighted by molar-refractivity contribution is 5.99. The fraction of sp³-hybridized carbons (Fsp3) is 0.556. The molecule has 1 fully saturated rings. The van der Waals surface area contributed by atoms with Crippen molar-refractivity contribution in [1.82, 2.24) is 4.90 Å². The van der Waals surface area contributed by atoms with Crippen molar-refractivity contribution in [2.24, 2.45) is 5.92 Å². The van der Waals surface area contributed by atoms with Crippen molar-refractivity contribution >= 4 is 17.5 Å². The Morgan fingerprint density at radius 3 is 2.68 bits per heavy atom. The van der Waals surface area contributed by atoms with E-state index in [0.29, 0.717) is 19.5 Å². The Morgan fingerprint density at radius 1 is 1.32 bits per heavy atom. The van der Waals surface area contributed by atoms with Crippen LogP contribution in [0.15, 0.2) is 24.3 Å². The number of anilines is 1. The van der Waals surface area contributed by atoms with Gasteiger partial charge in [0, 0.05) is 31.7 Å². The maximum Gasteiger partial charge on any atom is 0.232 e. The molecule has 0 saturated carbocycles. The van der Waals surface area contributed by atoms with Crippen LogP contribution in [-0.4, -0.2) is 36.3 Å². The van der Waals surface area contributed by atoms with Crippen LogP contribution >= 0.6 is 0 Å². The van der Waals surface area contributed by atoms with E-state index < -0.39 is 0 Å². The molecule has 1 saturated heterocycles. The number of carbonyl (C=O) groups is 2. The Bertz CT molecular complexity index is 542. The minimum absolute atomic E-state index is 0.0733. The van der Waals surface area contributed by atoms with Crippen LogP contribution in [-0.2, 0) is 9.59 Å². The van der Waals surface area contributed by atoms with E-state index in [1.807, 2.05) is 47.9 Å². The van der Waals surface area contributed by atoms with Gasteiger partial charge in [-0.3, -0.25) is 9.59 Å². The highest BCUT2D eigenvalue weighted by atomic mass is 16.2. The van der Waals surface area contributed by atoms with Crippen molar-refractivity contribution in [1.29, 1.82) is 0 Å². The van der Waals surface area contributed by atoms with Gasteiger partial charge < -0.3 is 9.80 Å². The lowest BCUT2D eigenvalue weighted by Crippen LogP contribution is -2.38. The Balaban J connectivity index is 2.10. The minimum atomic E-state index is -0.205. The molecular formula is C18H26N2O2. The third-order valence-electron chi connectivity index (χ3n) is 4.33. The quantitative estimate of drug-likeness (QED) is 0.810. The molecule has 22 heavy (non-hydrogen) atoms. The number of amides is 2. The Hall–Kier alpha value is -1.84. The van der Waals surface area contributed by atoms with Crippen molar-refractivity contribution in [2.75, 3.05) is 24.5 Å². The molecule has 120 valence electrons. The van der Waals surface area contributed by atoms with Crippen LogP contribution in [0.4, 0.5) is 5.69 Å². The molecule has 1 aliphatic rings. The number of unbranched alkanes of at least 4 members (excludes halogenated alkanes) is 1. The molecule has 2 rings (SSSR count). The number of likely N-dealkylation sites (tertiary alicyclic amines) is 1. The Kier molecular flexibility index (Phi) is 5.58. The molecule has 0 bridgehead atoms. The molecular weight excluding hydrogens is 276 g/mol. The van der Waals surface area contributed by atoms with E-state index in [-0.39, 0.29) is 17.7 Å². The van der Waals surface area contributed by atoms with Crippen LogP contribution in [0.5, 0.6) is 0 Å². The van der Waals surface area contributed by atoms with Crippen LogP contribution in [0.2, 0.25) is 0 Å². The SMILES string of the molecule is CCCCN1C[C@@H](C(=O)N(CC)c2ccccc2C)CC1=O. The van der Waals surface area contributed by atoms with Crippen LogP contribution in [0.25, 0.3) is 0 Å². The van der Waals surface area contributed by atoms with E-state index in [2.05, 4.69) is 6.92 Å². The number of carbonyl (C=O) groups excluding carboxylic acids is 2. The zero-order valence-corrected chi connectivity index (χ0v) is 13.8. The summed E-state index contributed by atoms with van der Waals surface area (Å²) in [6.45, 7) is 8.08. The fourth-order valence-electron chi connectivity index (χ4n) is 3.03. The third kappa shape index (κ3) is 3.49. The van der Waals surface area contributed by atoms with E-state index in [0.717, 1.165) is 30.6 Å². The lowest BCUT2D eigenvalue weighted by Gasteiger charge is -2.26. The summed E-state index contributed by atoms with van der Waals surface area (Å²) in [6.07, 6.45) is 2.42. The summed E-state index contributed by atoms with van der Waals surface area (Å²) in [6, 6.07) is 7.91. The Labute approximate surface area is 133 Å². The lowest BCUT2D eigenvalue weighted by atomic mass is 10.1. The number of nitrogens with zero attached hydrogens (tertiary/aromatic N) is 2. The minimum Gasteiger partial charge on any atom is -0.342 e. The number of rotatable bonds is 6. The molecule has 0 N–H and O–H groups in total. The monoisotopic (exact) mass is 302 g/mol. The summed E-state index contributed by atoms with van der Waals surface area (Å²) in [4.78, 5) is 28.6. The zero-order valence-electron chi connectivity index (χ0n) is 13.8. The molecule has 1 aliphatic heterocycles. The molecule has 4 heteroatoms. The second kappa shape index (κ2) is 7.43. The van der Waals surface area contributed by atoms with Gasteiger partial charge in [-0.2, -0.15) is 0 Å². The molecule has 4 nitrogen and oxygen atoms in total. The molecule has 1 atom stereocenters. The maximum atomic E-state index is 12.8. The van der Waals surface area contributed by atoms with Gasteiger partial charge in [0.2, 0.25) is 11.8 Å². The molecule has 0 radical (unpaired) electrons. The van der Waals surface area contributed by atoms with E-state index in [1.54, 1.807) is 0 Å². The fourth-order valence-corrected chi connectivity index (χ4v) is 3.03. The topological polar surface area (TPSA) is 40.6 Å². The second-order valence-corrected chi connectivity index (χ2v) is 5.96. The molecule has 0 unspecified atom stereocenters. The van der Waals surface area contributed by atoms with Gasteiger partial charge >= 0.3 is 0 Å². The third-order valence-corrected chi connectivity index (χ3v) is 4.33. The molecule has 0 aliphatic carbocycles. The first-order chi connectivity index (χ1) is 10.6. The van der Waals surface area contributed by atoms with E-state index in [4.69, 9.17) is 0 Å². The van der Waals surface area contributed by atoms with Crippen molar-refractivity contribution in [3.8, 4) is 0 Å². The predicted molar refractivity (Wildman–Crippen MR) is 88.8 cm³/mol. The summed E-state index contributed by atoms with van der Waals surface area (Å²) < 4.78 is 0. The first kappa shape index (κ1) is 16.5. The molecule has 2 amide bonds. The summed E-state index contributed by atoms with van der Waals surface area (Å²) in [5.74, 6) is -0.0132. The Morgan fingerprint density at radius 2 is 2.05 bits per heavy atom. The van der Waals surface area contributed by atoms with E-state index in [9.17, 15) is 9.59 Å². The second-order valence-electron chi connectivity index (χ2n) is 5.96. The summed E-state index contributed by atoms with van der Waals surface area (Å²) >= 11 is 0. The van der Waals surface area contributed by atoms with Crippen LogP contribution in [0.3, 0.4) is 0 Å². The largest absolute Gasteiger partial charge is 0.342 e. The highest BCUT2D eigenvalue weighted by Crippen LogP contribution is 2.26. The number of hydrogen-bond donors (Lipinski definition) is 0. The van der Waals surface area contributed by atoms with Crippen LogP contribution in [0.1, 0.15) is 38.7 Å². The zero-order chi connectivity index (χ0) is 16.1. The first-order valence-corrected chi connectivity index (χ1v) is 8.23. The highest BCUT2D eigenvalue weighted by Gasteiger charge is 2.36. The van der Waals surface area contributed by atoms with Gasteiger partial charge in [-0.05, 0) is 31.9 Å². The number of hydrogen-bond acceptors (Lipinski definition) is 2. The normalized spacial score (nSPS) is 17.9. The van der Waals surface area contributed by atoms with Crippen LogP contribution in [0, 0.1) is 12.8 Å². The molecule has 0 spiro atoms. The molecule has 1 heterocycles. The predicted octanol–water partition coefficient (Wildman–Crippen LogP) is 3.00. The summed E-state index contributed by atoms with van der Waals surface area (Å²) in [5.41, 5.74) is 2.04. The van der Waals surface area contributed by atoms with E-state index in [1.165, 1.54) is 0 Å². The van der Waals surface area contributed by atoms with Gasteiger partial charge in [0.05, 0.1) is 5.92 Å². The number of aryl methyl sites for hydroxylation is 1. The van der Waals surface area contributed by atoms with Crippen molar-refractivity contribution < 1.29 is 9.59 Å². The first-order valence-electron chi connectivity index (χ1n) is 8.23. The van der Waals surface area contributed by atoms with Crippen LogP contribution < -0.4 is 4.90 Å². The van der Waals surface area contributed by atoms with Gasteiger partial charge in [-0.15, -0.1) is 0 Å². The standard InChI is InChI=1S/C18H26N2O2/c1-4-6-11-19-13-15(12-17(19)21)18(22)20(5-2)16-10-8-7-9-14(16)3/h7-10,15H,4-6,11-13H2,1-3H3/t15-/m0/s1. The molecule has 1 aromatic rings. The van der Waals surface area contributed by atoms with Gasteiger partial charge in [0.25, 0.3) is 0 Å². The molecule has 0 aromatic heterocycles. The lowest BCUT2D eigenvalue weighted by molar-refractivity contribution is -0.128. The van der Waals surface area contributed by atoms with Gasteiger partial charge in [0.15, 0.2) is 0 Å². The van der Waals surface area contributed by atoms with E-state index >= 15 is 0 Å². The maximum absolute atomic E-state index is 12.8. The van der Waals surface area contributed by atoms with Gasteiger partial charge in [-0.1, -0.05) is 31.5 Å². The van der Waals surface area contributed by atoms with Crippen molar-refractivity contribution in [3.63, 3.8) is 0 Å². The van der Waals surface area contributed by atoms with Crippen molar-refractivity contribution in [3.05, 3.63) is 29.8 Å². The number of para-hydroxylation sites is 1.